The number of Topliss-reactive ketones (excluding diaryl/α,β-unsaturated/α-hetero) is 1. The Bertz CT molecular complexity index is 1380. The number of carbonyl (C=O) groups is 2. The molecule has 1 aromatic heterocycles. The second-order valence-electron chi connectivity index (χ2n) is 9.45. The lowest BCUT2D eigenvalue weighted by Crippen LogP contribution is -2.12. The highest BCUT2D eigenvalue weighted by Crippen LogP contribution is 2.61. The molecule has 1 fully saturated rings. The summed E-state index contributed by atoms with van der Waals surface area (Å²) in [6.07, 6.45) is -2.13. The van der Waals surface area contributed by atoms with Crippen molar-refractivity contribution in [3.05, 3.63) is 93.7 Å². The highest BCUT2D eigenvalue weighted by Gasteiger charge is 2.60. The number of carboxylic acids is 1. The van der Waals surface area contributed by atoms with Gasteiger partial charge in [-0.3, -0.25) is 9.59 Å². The molecule has 3 aromatic rings. The summed E-state index contributed by atoms with van der Waals surface area (Å²) >= 11 is 0. The van der Waals surface area contributed by atoms with Gasteiger partial charge in [-0.05, 0) is 46.2 Å². The Morgan fingerprint density at radius 3 is 2.63 bits per heavy atom. The molecular formula is C27H20F3NO4. The van der Waals surface area contributed by atoms with Crippen LogP contribution in [-0.2, 0) is 24.0 Å². The molecule has 6 rings (SSSR count). The average molecular weight is 479 g/mol. The van der Waals surface area contributed by atoms with Crippen LogP contribution in [-0.4, -0.2) is 21.8 Å². The summed E-state index contributed by atoms with van der Waals surface area (Å²) in [6, 6.07) is 12.4. The number of halogens is 3. The highest BCUT2D eigenvalue weighted by molar-refractivity contribution is 6.02. The average Bonchev–Trinajstić information content (AvgIpc) is 3.27. The first kappa shape index (κ1) is 21.8. The normalized spacial score (nSPS) is 24.0. The van der Waals surface area contributed by atoms with E-state index in [9.17, 15) is 27.9 Å². The second-order valence-corrected chi connectivity index (χ2v) is 9.45. The zero-order valence-corrected chi connectivity index (χ0v) is 18.4. The van der Waals surface area contributed by atoms with Gasteiger partial charge >= 0.3 is 12.1 Å². The summed E-state index contributed by atoms with van der Waals surface area (Å²) in [7, 11) is 0. The van der Waals surface area contributed by atoms with Crippen molar-refractivity contribution in [2.24, 2.45) is 11.8 Å². The van der Waals surface area contributed by atoms with Crippen LogP contribution in [0.2, 0.25) is 0 Å². The topological polar surface area (TPSA) is 76.5 Å². The molecular weight excluding hydrogens is 459 g/mol. The summed E-state index contributed by atoms with van der Waals surface area (Å²) in [5.74, 6) is -1.35. The number of aromatic nitrogens is 1. The van der Waals surface area contributed by atoms with Gasteiger partial charge in [0.2, 0.25) is 5.88 Å². The second kappa shape index (κ2) is 7.66. The minimum absolute atomic E-state index is 0.00121. The summed E-state index contributed by atoms with van der Waals surface area (Å²) < 4.78 is 46.7. The fraction of sp³-hybridized carbons (Fsp3) is 0.296. The number of ketones is 1. The molecule has 0 bridgehead atoms. The number of alkyl halides is 3. The number of pyridine rings is 1. The molecule has 4 unspecified atom stereocenters. The number of aliphatic carboxylic acids is 1. The molecule has 0 amide bonds. The van der Waals surface area contributed by atoms with Crippen LogP contribution >= 0.6 is 0 Å². The van der Waals surface area contributed by atoms with E-state index in [2.05, 4.69) is 4.98 Å². The molecule has 1 N–H and O–H groups in total. The molecule has 0 spiro atoms. The van der Waals surface area contributed by atoms with E-state index in [-0.39, 0.29) is 42.1 Å². The van der Waals surface area contributed by atoms with E-state index in [1.807, 2.05) is 6.07 Å². The molecule has 1 heterocycles. The Morgan fingerprint density at radius 1 is 1.06 bits per heavy atom. The maximum absolute atomic E-state index is 13.6. The van der Waals surface area contributed by atoms with E-state index in [4.69, 9.17) is 4.74 Å². The Labute approximate surface area is 198 Å². The molecule has 0 aliphatic heterocycles. The van der Waals surface area contributed by atoms with Crippen molar-refractivity contribution in [1.29, 1.82) is 0 Å². The Hall–Kier alpha value is -3.68. The molecule has 0 saturated heterocycles. The standard InChI is InChI=1S/C27H20F3NO4/c28-27(29,30)21-4-2-1-3-15(21)18-10-22(32)16-6-5-13(7-17(16)18)12-35-23-9-14-8-19-24(20(14)11-31-23)25(19)26(33)34/h1-7,9,11,18-19,24-25H,8,10,12H2,(H,33,34). The number of nitrogens with zero attached hydrogens (tertiary/aromatic N) is 1. The number of carbonyl (C=O) groups excluding carboxylic acids is 1. The Balaban J connectivity index is 1.23. The van der Waals surface area contributed by atoms with E-state index >= 15 is 0 Å². The number of benzene rings is 2. The summed E-state index contributed by atoms with van der Waals surface area (Å²) in [5.41, 5.74) is 3.14. The van der Waals surface area contributed by atoms with Gasteiger partial charge in [-0.25, -0.2) is 4.98 Å². The van der Waals surface area contributed by atoms with Crippen molar-refractivity contribution >= 4 is 11.8 Å². The number of hydrogen-bond donors (Lipinski definition) is 1. The minimum Gasteiger partial charge on any atom is -0.481 e. The molecule has 5 nitrogen and oxygen atoms in total. The number of ether oxygens (including phenoxy) is 1. The summed E-state index contributed by atoms with van der Waals surface area (Å²) in [5, 5.41) is 9.26. The van der Waals surface area contributed by atoms with Crippen molar-refractivity contribution in [2.75, 3.05) is 0 Å². The van der Waals surface area contributed by atoms with Gasteiger partial charge in [0.05, 0.1) is 11.5 Å². The predicted octanol–water partition coefficient (Wildman–Crippen LogP) is 5.37. The van der Waals surface area contributed by atoms with Gasteiger partial charge in [0, 0.05) is 36.1 Å². The van der Waals surface area contributed by atoms with E-state index < -0.39 is 23.6 Å². The van der Waals surface area contributed by atoms with E-state index in [0.717, 1.165) is 22.8 Å². The molecule has 178 valence electrons. The van der Waals surface area contributed by atoms with Crippen LogP contribution in [0, 0.1) is 11.8 Å². The van der Waals surface area contributed by atoms with Crippen LogP contribution < -0.4 is 4.74 Å². The van der Waals surface area contributed by atoms with Gasteiger partial charge in [0.25, 0.3) is 0 Å². The van der Waals surface area contributed by atoms with Crippen LogP contribution in [0.1, 0.15) is 62.0 Å². The lowest BCUT2D eigenvalue weighted by Gasteiger charge is -2.18. The number of rotatable bonds is 5. The van der Waals surface area contributed by atoms with Crippen LogP contribution in [0.5, 0.6) is 5.88 Å². The fourth-order valence-electron chi connectivity index (χ4n) is 5.83. The van der Waals surface area contributed by atoms with Crippen molar-refractivity contribution in [3.8, 4) is 5.88 Å². The Kier molecular flexibility index (Phi) is 4.78. The monoisotopic (exact) mass is 479 g/mol. The Morgan fingerprint density at radius 2 is 1.86 bits per heavy atom. The van der Waals surface area contributed by atoms with Crippen LogP contribution in [0.3, 0.4) is 0 Å². The first-order valence-corrected chi connectivity index (χ1v) is 11.4. The van der Waals surface area contributed by atoms with Crippen molar-refractivity contribution in [2.45, 2.75) is 37.5 Å². The van der Waals surface area contributed by atoms with Crippen LogP contribution in [0.4, 0.5) is 13.2 Å². The van der Waals surface area contributed by atoms with Gasteiger partial charge in [-0.2, -0.15) is 13.2 Å². The maximum atomic E-state index is 13.6. The number of fused-ring (bicyclic) bond motifs is 4. The highest BCUT2D eigenvalue weighted by atomic mass is 19.4. The molecule has 8 heteroatoms. The third kappa shape index (κ3) is 3.59. The maximum Gasteiger partial charge on any atom is 0.416 e. The van der Waals surface area contributed by atoms with E-state index in [1.54, 1.807) is 30.5 Å². The van der Waals surface area contributed by atoms with E-state index in [0.29, 0.717) is 23.4 Å². The zero-order valence-electron chi connectivity index (χ0n) is 18.4. The number of carboxylic acid groups (broad SMARTS) is 1. The summed E-state index contributed by atoms with van der Waals surface area (Å²) in [6.45, 7) is 0.144. The smallest absolute Gasteiger partial charge is 0.416 e. The van der Waals surface area contributed by atoms with Gasteiger partial charge in [-0.1, -0.05) is 36.4 Å². The van der Waals surface area contributed by atoms with Gasteiger partial charge in [0.15, 0.2) is 5.78 Å². The van der Waals surface area contributed by atoms with Crippen molar-refractivity contribution in [3.63, 3.8) is 0 Å². The zero-order chi connectivity index (χ0) is 24.5. The first-order valence-electron chi connectivity index (χ1n) is 11.4. The molecule has 35 heavy (non-hydrogen) atoms. The minimum atomic E-state index is -4.51. The molecule has 0 radical (unpaired) electrons. The van der Waals surface area contributed by atoms with Gasteiger partial charge in [-0.15, -0.1) is 0 Å². The van der Waals surface area contributed by atoms with Gasteiger partial charge < -0.3 is 9.84 Å². The quantitative estimate of drug-likeness (QED) is 0.533. The molecule has 2 aromatic carbocycles. The van der Waals surface area contributed by atoms with Crippen LogP contribution in [0.15, 0.2) is 54.7 Å². The van der Waals surface area contributed by atoms with E-state index in [1.165, 1.54) is 12.1 Å². The fourth-order valence-corrected chi connectivity index (χ4v) is 5.83. The lowest BCUT2D eigenvalue weighted by molar-refractivity contribution is -0.139. The molecule has 4 atom stereocenters. The third-order valence-electron chi connectivity index (χ3n) is 7.48. The SMILES string of the molecule is O=C1CC(c2ccccc2C(F)(F)F)c2cc(COc3cc4c(cn3)C3C(C4)C3C(=O)O)ccc21. The number of hydrogen-bond acceptors (Lipinski definition) is 4. The first-order chi connectivity index (χ1) is 16.7. The van der Waals surface area contributed by atoms with Gasteiger partial charge in [0.1, 0.15) is 6.61 Å². The largest absolute Gasteiger partial charge is 0.481 e. The molecule has 3 aliphatic rings. The van der Waals surface area contributed by atoms with Crippen molar-refractivity contribution in [1.82, 2.24) is 4.98 Å². The lowest BCUT2D eigenvalue weighted by atomic mass is 9.88. The molecule has 3 aliphatic carbocycles. The molecule has 1 saturated carbocycles. The van der Waals surface area contributed by atoms with Crippen LogP contribution in [0.25, 0.3) is 0 Å². The summed E-state index contributed by atoms with van der Waals surface area (Å²) in [4.78, 5) is 28.1. The van der Waals surface area contributed by atoms with Crippen molar-refractivity contribution < 1.29 is 32.6 Å². The predicted molar refractivity (Wildman–Crippen MR) is 118 cm³/mol. The third-order valence-corrected chi connectivity index (χ3v) is 7.48.